The summed E-state index contributed by atoms with van der Waals surface area (Å²) in [5.74, 6) is 0.878. The third-order valence-corrected chi connectivity index (χ3v) is 1.96. The second kappa shape index (κ2) is 5.05. The van der Waals surface area contributed by atoms with Gasteiger partial charge in [0.15, 0.2) is 0 Å². The fraction of sp³-hybridized carbons (Fsp3) is 0.636. The van der Waals surface area contributed by atoms with Crippen molar-refractivity contribution in [3.8, 4) is 0 Å². The summed E-state index contributed by atoms with van der Waals surface area (Å²) >= 11 is 0. The zero-order valence-corrected chi connectivity index (χ0v) is 9.25. The van der Waals surface area contributed by atoms with Crippen molar-refractivity contribution in [1.82, 2.24) is 9.97 Å². The molecule has 0 aliphatic rings. The van der Waals surface area contributed by atoms with Crippen molar-refractivity contribution < 1.29 is 0 Å². The lowest BCUT2D eigenvalue weighted by atomic mass is 10.2. The first-order valence-electron chi connectivity index (χ1n) is 5.20. The molecule has 1 aromatic rings. The minimum atomic E-state index is 0.131. The number of nitrogens with two attached hydrogens (primary N) is 1. The highest BCUT2D eigenvalue weighted by Gasteiger charge is 2.04. The van der Waals surface area contributed by atoms with E-state index >= 15 is 0 Å². The average molecular weight is 193 g/mol. The van der Waals surface area contributed by atoms with Gasteiger partial charge in [-0.25, -0.2) is 9.97 Å². The molecule has 3 nitrogen and oxygen atoms in total. The first-order valence-corrected chi connectivity index (χ1v) is 5.20. The number of rotatable bonds is 4. The molecule has 0 aromatic carbocycles. The predicted molar refractivity (Wildman–Crippen MR) is 58.1 cm³/mol. The second-order valence-corrected chi connectivity index (χ2v) is 3.85. The molecular weight excluding hydrogens is 174 g/mol. The molecule has 0 saturated heterocycles. The van der Waals surface area contributed by atoms with Crippen LogP contribution in [0, 0.1) is 6.92 Å². The molecule has 14 heavy (non-hydrogen) atoms. The van der Waals surface area contributed by atoms with Crippen LogP contribution in [0.3, 0.4) is 0 Å². The number of hydrogen-bond acceptors (Lipinski definition) is 3. The Bertz CT molecular complexity index is 295. The van der Waals surface area contributed by atoms with Crippen molar-refractivity contribution in [1.29, 1.82) is 0 Å². The van der Waals surface area contributed by atoms with Crippen molar-refractivity contribution in [3.05, 3.63) is 23.3 Å². The van der Waals surface area contributed by atoms with Crippen LogP contribution in [0.4, 0.5) is 0 Å². The van der Waals surface area contributed by atoms with Gasteiger partial charge in [0.2, 0.25) is 0 Å². The van der Waals surface area contributed by atoms with Gasteiger partial charge >= 0.3 is 0 Å². The van der Waals surface area contributed by atoms with E-state index in [9.17, 15) is 0 Å². The maximum atomic E-state index is 5.72. The van der Waals surface area contributed by atoms with Gasteiger partial charge in [-0.2, -0.15) is 0 Å². The molecule has 78 valence electrons. The maximum Gasteiger partial charge on any atom is 0.130 e. The lowest BCUT2D eigenvalue weighted by molar-refractivity contribution is 0.689. The normalized spacial score (nSPS) is 12.9. The standard InChI is InChI=1S/C11H19N3/c1-4-5-10-7-9(3)13-11(14-10)6-8(2)12/h7-8H,4-6,12H2,1-3H3. The summed E-state index contributed by atoms with van der Waals surface area (Å²) in [7, 11) is 0. The topological polar surface area (TPSA) is 51.8 Å². The zero-order chi connectivity index (χ0) is 10.6. The van der Waals surface area contributed by atoms with Crippen molar-refractivity contribution in [2.75, 3.05) is 0 Å². The number of hydrogen-bond donors (Lipinski definition) is 1. The zero-order valence-electron chi connectivity index (χ0n) is 9.25. The van der Waals surface area contributed by atoms with Gasteiger partial charge in [0.25, 0.3) is 0 Å². The van der Waals surface area contributed by atoms with Crippen LogP contribution >= 0.6 is 0 Å². The van der Waals surface area contributed by atoms with E-state index in [2.05, 4.69) is 16.9 Å². The molecule has 3 heteroatoms. The number of nitrogens with zero attached hydrogens (tertiary/aromatic N) is 2. The SMILES string of the molecule is CCCc1cc(C)nc(CC(C)N)n1. The molecule has 2 N–H and O–H groups in total. The molecule has 1 rings (SSSR count). The number of aryl methyl sites for hydroxylation is 2. The van der Waals surface area contributed by atoms with E-state index < -0.39 is 0 Å². The smallest absolute Gasteiger partial charge is 0.130 e. The molecule has 0 aliphatic carbocycles. The summed E-state index contributed by atoms with van der Waals surface area (Å²) in [6.07, 6.45) is 2.90. The van der Waals surface area contributed by atoms with Gasteiger partial charge in [0.05, 0.1) is 0 Å². The fourth-order valence-electron chi connectivity index (χ4n) is 1.46. The highest BCUT2D eigenvalue weighted by molar-refractivity contribution is 5.10. The Kier molecular flexibility index (Phi) is 4.01. The summed E-state index contributed by atoms with van der Waals surface area (Å²) in [6, 6.07) is 2.18. The molecule has 0 bridgehead atoms. The molecule has 1 atom stereocenters. The van der Waals surface area contributed by atoms with E-state index in [-0.39, 0.29) is 6.04 Å². The monoisotopic (exact) mass is 193 g/mol. The van der Waals surface area contributed by atoms with Gasteiger partial charge in [0, 0.05) is 23.9 Å². The Balaban J connectivity index is 2.83. The Labute approximate surface area is 85.8 Å². The van der Waals surface area contributed by atoms with Crippen molar-refractivity contribution >= 4 is 0 Å². The van der Waals surface area contributed by atoms with Gasteiger partial charge in [-0.15, -0.1) is 0 Å². The van der Waals surface area contributed by atoms with Gasteiger partial charge in [-0.3, -0.25) is 0 Å². The van der Waals surface area contributed by atoms with E-state index in [4.69, 9.17) is 5.73 Å². The predicted octanol–water partition coefficient (Wildman–Crippen LogP) is 1.63. The lowest BCUT2D eigenvalue weighted by Gasteiger charge is -2.07. The quantitative estimate of drug-likeness (QED) is 0.790. The molecule has 0 radical (unpaired) electrons. The van der Waals surface area contributed by atoms with Crippen LogP contribution in [0.1, 0.15) is 37.5 Å². The van der Waals surface area contributed by atoms with Crippen LogP contribution in [0.25, 0.3) is 0 Å². The van der Waals surface area contributed by atoms with Crippen molar-refractivity contribution in [3.63, 3.8) is 0 Å². The van der Waals surface area contributed by atoms with Gasteiger partial charge < -0.3 is 5.73 Å². The van der Waals surface area contributed by atoms with Crippen LogP contribution in [0.5, 0.6) is 0 Å². The Morgan fingerprint density at radius 1 is 1.43 bits per heavy atom. The maximum absolute atomic E-state index is 5.72. The molecular formula is C11H19N3. The molecule has 0 saturated carbocycles. The minimum absolute atomic E-state index is 0.131. The largest absolute Gasteiger partial charge is 0.328 e. The first-order chi connectivity index (χ1) is 6.61. The van der Waals surface area contributed by atoms with Gasteiger partial charge in [-0.05, 0) is 26.3 Å². The van der Waals surface area contributed by atoms with Crippen LogP contribution in [-0.2, 0) is 12.8 Å². The van der Waals surface area contributed by atoms with E-state index in [0.29, 0.717) is 0 Å². The Morgan fingerprint density at radius 3 is 2.71 bits per heavy atom. The van der Waals surface area contributed by atoms with E-state index in [0.717, 1.165) is 36.5 Å². The summed E-state index contributed by atoms with van der Waals surface area (Å²) in [4.78, 5) is 8.84. The third kappa shape index (κ3) is 3.42. The highest BCUT2D eigenvalue weighted by atomic mass is 14.9. The molecule has 1 aromatic heterocycles. The molecule has 0 aliphatic heterocycles. The van der Waals surface area contributed by atoms with Crippen LogP contribution in [0.15, 0.2) is 6.07 Å². The van der Waals surface area contributed by atoms with Crippen LogP contribution in [-0.4, -0.2) is 16.0 Å². The van der Waals surface area contributed by atoms with Crippen molar-refractivity contribution in [2.45, 2.75) is 46.1 Å². The first kappa shape index (κ1) is 11.1. The highest BCUT2D eigenvalue weighted by Crippen LogP contribution is 2.04. The van der Waals surface area contributed by atoms with E-state index in [1.165, 1.54) is 0 Å². The second-order valence-electron chi connectivity index (χ2n) is 3.85. The lowest BCUT2D eigenvalue weighted by Crippen LogP contribution is -2.20. The Morgan fingerprint density at radius 2 is 2.14 bits per heavy atom. The molecule has 1 unspecified atom stereocenters. The summed E-state index contributed by atoms with van der Waals surface area (Å²) in [5.41, 5.74) is 7.89. The third-order valence-electron chi connectivity index (χ3n) is 1.96. The summed E-state index contributed by atoms with van der Waals surface area (Å²) < 4.78 is 0. The molecule has 0 spiro atoms. The van der Waals surface area contributed by atoms with E-state index in [1.807, 2.05) is 19.9 Å². The van der Waals surface area contributed by atoms with E-state index in [1.54, 1.807) is 0 Å². The summed E-state index contributed by atoms with van der Waals surface area (Å²) in [5, 5.41) is 0. The fourth-order valence-corrected chi connectivity index (χ4v) is 1.46. The molecule has 0 fully saturated rings. The number of aromatic nitrogens is 2. The average Bonchev–Trinajstić information content (AvgIpc) is 2.01. The summed E-state index contributed by atoms with van der Waals surface area (Å²) in [6.45, 7) is 6.14. The van der Waals surface area contributed by atoms with Crippen LogP contribution in [0.2, 0.25) is 0 Å². The minimum Gasteiger partial charge on any atom is -0.328 e. The van der Waals surface area contributed by atoms with Crippen LogP contribution < -0.4 is 5.73 Å². The molecule has 0 amide bonds. The molecule has 1 heterocycles. The van der Waals surface area contributed by atoms with Gasteiger partial charge in [0.1, 0.15) is 5.82 Å². The van der Waals surface area contributed by atoms with Gasteiger partial charge in [-0.1, -0.05) is 13.3 Å². The Hall–Kier alpha value is -0.960. The van der Waals surface area contributed by atoms with Crippen molar-refractivity contribution in [2.24, 2.45) is 5.73 Å².